The summed E-state index contributed by atoms with van der Waals surface area (Å²) in [5, 5.41) is 6.61. The molecule has 1 aromatic heterocycles. The zero-order valence-corrected chi connectivity index (χ0v) is 15.1. The lowest BCUT2D eigenvalue weighted by atomic mass is 10.1. The summed E-state index contributed by atoms with van der Waals surface area (Å²) in [5.74, 6) is -0.476. The van der Waals surface area contributed by atoms with Gasteiger partial charge in [-0.05, 0) is 36.2 Å². The SMILES string of the molecule is O=C(CNC(=O)c1cccc(Br)c1)NCCc1c[nH]c2ccccc12. The Kier molecular flexibility index (Phi) is 5.50. The van der Waals surface area contributed by atoms with Crippen LogP contribution in [0.25, 0.3) is 10.9 Å². The van der Waals surface area contributed by atoms with Crippen LogP contribution in [-0.4, -0.2) is 29.9 Å². The van der Waals surface area contributed by atoms with Crippen molar-refractivity contribution in [2.24, 2.45) is 0 Å². The molecule has 0 fully saturated rings. The van der Waals surface area contributed by atoms with Crippen molar-refractivity contribution in [2.45, 2.75) is 6.42 Å². The third kappa shape index (κ3) is 4.48. The number of para-hydroxylation sites is 1. The number of hydrogen-bond acceptors (Lipinski definition) is 2. The second-order valence-corrected chi connectivity index (χ2v) is 6.57. The van der Waals surface area contributed by atoms with E-state index in [0.717, 1.165) is 22.0 Å². The highest BCUT2D eigenvalue weighted by Crippen LogP contribution is 2.17. The molecule has 2 aromatic carbocycles. The molecule has 0 saturated heterocycles. The van der Waals surface area contributed by atoms with Gasteiger partial charge in [0.2, 0.25) is 5.91 Å². The molecule has 0 aliphatic heterocycles. The quantitative estimate of drug-likeness (QED) is 0.595. The van der Waals surface area contributed by atoms with E-state index in [1.165, 1.54) is 5.39 Å². The number of halogens is 1. The Bertz CT molecular complexity index is 904. The van der Waals surface area contributed by atoms with Crippen LogP contribution in [0.1, 0.15) is 15.9 Å². The third-order valence-electron chi connectivity index (χ3n) is 3.89. The Hall–Kier alpha value is -2.60. The molecule has 3 rings (SSSR count). The molecule has 0 unspecified atom stereocenters. The number of benzene rings is 2. The fraction of sp³-hybridized carbons (Fsp3) is 0.158. The number of nitrogens with one attached hydrogen (secondary N) is 3. The zero-order valence-electron chi connectivity index (χ0n) is 13.5. The predicted octanol–water partition coefficient (Wildman–Crippen LogP) is 3.02. The van der Waals surface area contributed by atoms with Crippen molar-refractivity contribution in [3.63, 3.8) is 0 Å². The van der Waals surface area contributed by atoms with Crippen LogP contribution in [0.3, 0.4) is 0 Å². The normalized spacial score (nSPS) is 10.6. The van der Waals surface area contributed by atoms with Crippen molar-refractivity contribution in [1.82, 2.24) is 15.6 Å². The molecular formula is C19H18BrN3O2. The number of carbonyl (C=O) groups is 2. The first-order valence-electron chi connectivity index (χ1n) is 7.99. The van der Waals surface area contributed by atoms with E-state index >= 15 is 0 Å². The van der Waals surface area contributed by atoms with Crippen molar-refractivity contribution >= 4 is 38.6 Å². The fourth-order valence-corrected chi connectivity index (χ4v) is 3.03. The van der Waals surface area contributed by atoms with E-state index in [1.807, 2.05) is 30.5 Å². The van der Waals surface area contributed by atoms with Gasteiger partial charge in [0, 0.05) is 33.7 Å². The number of fused-ring (bicyclic) bond motifs is 1. The van der Waals surface area contributed by atoms with E-state index in [1.54, 1.807) is 18.2 Å². The van der Waals surface area contributed by atoms with E-state index < -0.39 is 0 Å². The van der Waals surface area contributed by atoms with E-state index in [9.17, 15) is 9.59 Å². The van der Waals surface area contributed by atoms with Gasteiger partial charge in [-0.25, -0.2) is 0 Å². The van der Waals surface area contributed by atoms with Crippen LogP contribution in [0.5, 0.6) is 0 Å². The molecule has 25 heavy (non-hydrogen) atoms. The number of rotatable bonds is 6. The van der Waals surface area contributed by atoms with Gasteiger partial charge in [-0.15, -0.1) is 0 Å². The second-order valence-electron chi connectivity index (χ2n) is 5.65. The van der Waals surface area contributed by atoms with Gasteiger partial charge >= 0.3 is 0 Å². The maximum Gasteiger partial charge on any atom is 0.251 e. The third-order valence-corrected chi connectivity index (χ3v) is 4.38. The summed E-state index contributed by atoms with van der Waals surface area (Å²) in [7, 11) is 0. The van der Waals surface area contributed by atoms with Gasteiger partial charge in [-0.2, -0.15) is 0 Å². The monoisotopic (exact) mass is 399 g/mol. The number of amides is 2. The van der Waals surface area contributed by atoms with Gasteiger partial charge in [-0.1, -0.05) is 40.2 Å². The van der Waals surface area contributed by atoms with Gasteiger partial charge in [0.05, 0.1) is 6.54 Å². The average molecular weight is 400 g/mol. The molecule has 5 nitrogen and oxygen atoms in total. The van der Waals surface area contributed by atoms with Crippen LogP contribution in [-0.2, 0) is 11.2 Å². The fourth-order valence-electron chi connectivity index (χ4n) is 2.63. The summed E-state index contributed by atoms with van der Waals surface area (Å²) in [6.45, 7) is 0.479. The van der Waals surface area contributed by atoms with Gasteiger partial charge in [0.1, 0.15) is 0 Å². The zero-order chi connectivity index (χ0) is 17.6. The molecule has 0 aliphatic carbocycles. The van der Waals surface area contributed by atoms with Crippen molar-refractivity contribution < 1.29 is 9.59 Å². The van der Waals surface area contributed by atoms with E-state index in [2.05, 4.69) is 37.6 Å². The molecule has 3 N–H and O–H groups in total. The summed E-state index contributed by atoms with van der Waals surface area (Å²) in [4.78, 5) is 27.1. The second kappa shape index (κ2) is 7.98. The number of aromatic nitrogens is 1. The summed E-state index contributed by atoms with van der Waals surface area (Å²) < 4.78 is 0.823. The number of hydrogen-bond donors (Lipinski definition) is 3. The number of carbonyl (C=O) groups excluding carboxylic acids is 2. The van der Waals surface area contributed by atoms with Crippen molar-refractivity contribution in [1.29, 1.82) is 0 Å². The standard InChI is InChI=1S/C19H18BrN3O2/c20-15-5-3-4-13(10-15)19(25)23-12-18(24)21-9-8-14-11-22-17-7-2-1-6-16(14)17/h1-7,10-11,22H,8-9,12H2,(H,21,24)(H,23,25). The van der Waals surface area contributed by atoms with Crippen molar-refractivity contribution in [2.75, 3.05) is 13.1 Å². The Labute approximate surface area is 153 Å². The lowest BCUT2D eigenvalue weighted by Gasteiger charge is -2.07. The van der Waals surface area contributed by atoms with Crippen LogP contribution in [0.15, 0.2) is 59.2 Å². The summed E-state index contributed by atoms with van der Waals surface area (Å²) >= 11 is 3.32. The smallest absolute Gasteiger partial charge is 0.251 e. The van der Waals surface area contributed by atoms with Crippen LogP contribution in [0, 0.1) is 0 Å². The van der Waals surface area contributed by atoms with Crippen LogP contribution < -0.4 is 10.6 Å². The van der Waals surface area contributed by atoms with Gasteiger partial charge in [0.15, 0.2) is 0 Å². The topological polar surface area (TPSA) is 74.0 Å². The van der Waals surface area contributed by atoms with Crippen LogP contribution >= 0.6 is 15.9 Å². The van der Waals surface area contributed by atoms with Crippen LogP contribution in [0.4, 0.5) is 0 Å². The highest BCUT2D eigenvalue weighted by molar-refractivity contribution is 9.10. The minimum atomic E-state index is -0.270. The van der Waals surface area contributed by atoms with Crippen molar-refractivity contribution in [3.05, 3.63) is 70.3 Å². The molecule has 0 radical (unpaired) electrons. The molecule has 0 bridgehead atoms. The molecule has 2 amide bonds. The molecule has 3 aromatic rings. The Morgan fingerprint density at radius 3 is 2.72 bits per heavy atom. The number of aromatic amines is 1. The van der Waals surface area contributed by atoms with Gasteiger partial charge < -0.3 is 15.6 Å². The average Bonchev–Trinajstić information content (AvgIpc) is 3.03. The maximum atomic E-state index is 12.0. The lowest BCUT2D eigenvalue weighted by Crippen LogP contribution is -2.37. The van der Waals surface area contributed by atoms with E-state index in [4.69, 9.17) is 0 Å². The first-order valence-corrected chi connectivity index (χ1v) is 8.78. The predicted molar refractivity (Wildman–Crippen MR) is 101 cm³/mol. The lowest BCUT2D eigenvalue weighted by molar-refractivity contribution is -0.120. The molecule has 1 heterocycles. The molecule has 0 spiro atoms. The molecule has 128 valence electrons. The highest BCUT2D eigenvalue weighted by Gasteiger charge is 2.08. The highest BCUT2D eigenvalue weighted by atomic mass is 79.9. The maximum absolute atomic E-state index is 12.0. The summed E-state index contributed by atoms with van der Waals surface area (Å²) in [6, 6.07) is 15.1. The molecular weight excluding hydrogens is 382 g/mol. The van der Waals surface area contributed by atoms with Gasteiger partial charge in [-0.3, -0.25) is 9.59 Å². The summed E-state index contributed by atoms with van der Waals surface area (Å²) in [6.07, 6.45) is 2.70. The van der Waals surface area contributed by atoms with Crippen molar-refractivity contribution in [3.8, 4) is 0 Å². The molecule has 0 saturated carbocycles. The Morgan fingerprint density at radius 1 is 1.04 bits per heavy atom. The summed E-state index contributed by atoms with van der Waals surface area (Å²) in [5.41, 5.74) is 2.76. The minimum absolute atomic E-state index is 0.0424. The number of H-pyrrole nitrogens is 1. The largest absolute Gasteiger partial charge is 0.361 e. The van der Waals surface area contributed by atoms with E-state index in [-0.39, 0.29) is 18.4 Å². The Balaban J connectivity index is 1.44. The molecule has 6 heteroatoms. The first kappa shape index (κ1) is 17.2. The molecule has 0 aliphatic rings. The Morgan fingerprint density at radius 2 is 1.88 bits per heavy atom. The van der Waals surface area contributed by atoms with Crippen LogP contribution in [0.2, 0.25) is 0 Å². The van der Waals surface area contributed by atoms with E-state index in [0.29, 0.717) is 12.1 Å². The van der Waals surface area contributed by atoms with Gasteiger partial charge in [0.25, 0.3) is 5.91 Å². The minimum Gasteiger partial charge on any atom is -0.361 e. The molecule has 0 atom stereocenters. The first-order chi connectivity index (χ1) is 12.1.